The van der Waals surface area contributed by atoms with E-state index in [0.717, 1.165) is 31.2 Å². The summed E-state index contributed by atoms with van der Waals surface area (Å²) >= 11 is 0. The molecule has 1 saturated carbocycles. The highest BCUT2D eigenvalue weighted by Gasteiger charge is 2.30. The molecule has 3 N–H and O–H groups in total. The van der Waals surface area contributed by atoms with E-state index in [-0.39, 0.29) is 17.5 Å². The molecule has 3 heteroatoms. The molecule has 1 aliphatic rings. The summed E-state index contributed by atoms with van der Waals surface area (Å²) in [5, 5.41) is 3.07. The molecule has 0 bridgehead atoms. The molecule has 3 nitrogen and oxygen atoms in total. The zero-order chi connectivity index (χ0) is 14.6. The summed E-state index contributed by atoms with van der Waals surface area (Å²) in [5.74, 6) is 0.0717. The van der Waals surface area contributed by atoms with Crippen LogP contribution in [0.5, 0.6) is 0 Å². The quantitative estimate of drug-likeness (QED) is 0.885. The first-order valence-corrected chi connectivity index (χ1v) is 7.63. The molecule has 0 saturated heterocycles. The number of amides is 1. The van der Waals surface area contributed by atoms with Crippen molar-refractivity contribution in [3.8, 4) is 0 Å². The second-order valence-corrected chi connectivity index (χ2v) is 6.30. The van der Waals surface area contributed by atoms with Crippen LogP contribution in [-0.4, -0.2) is 11.4 Å². The van der Waals surface area contributed by atoms with Crippen molar-refractivity contribution >= 4 is 5.91 Å². The van der Waals surface area contributed by atoms with Gasteiger partial charge in [0.1, 0.15) is 0 Å². The van der Waals surface area contributed by atoms with Gasteiger partial charge in [0.05, 0.1) is 6.04 Å². The van der Waals surface area contributed by atoms with Gasteiger partial charge in [-0.2, -0.15) is 0 Å². The van der Waals surface area contributed by atoms with Crippen LogP contribution in [0.2, 0.25) is 0 Å². The first kappa shape index (κ1) is 15.0. The number of aryl methyl sites for hydroxylation is 1. The van der Waals surface area contributed by atoms with Gasteiger partial charge in [-0.25, -0.2) is 0 Å². The molecule has 2 rings (SSSR count). The van der Waals surface area contributed by atoms with Crippen molar-refractivity contribution in [1.29, 1.82) is 0 Å². The number of hydrogen-bond acceptors (Lipinski definition) is 2. The maximum atomic E-state index is 12.2. The van der Waals surface area contributed by atoms with E-state index in [4.69, 9.17) is 5.73 Å². The zero-order valence-corrected chi connectivity index (χ0v) is 12.6. The predicted molar refractivity (Wildman–Crippen MR) is 82.4 cm³/mol. The van der Waals surface area contributed by atoms with Gasteiger partial charge in [0, 0.05) is 12.0 Å². The van der Waals surface area contributed by atoms with Crippen LogP contribution in [0.4, 0.5) is 0 Å². The maximum absolute atomic E-state index is 12.2. The number of nitrogens with two attached hydrogens (primary N) is 1. The molecule has 1 aromatic carbocycles. The Kier molecular flexibility index (Phi) is 4.81. The Morgan fingerprint density at radius 1 is 1.25 bits per heavy atom. The van der Waals surface area contributed by atoms with Crippen molar-refractivity contribution in [2.75, 3.05) is 0 Å². The highest BCUT2D eigenvalue weighted by molar-refractivity contribution is 5.77. The summed E-state index contributed by atoms with van der Waals surface area (Å²) in [7, 11) is 0. The van der Waals surface area contributed by atoms with E-state index in [2.05, 4.69) is 36.5 Å². The number of carbonyl (C=O) groups excluding carboxylic acids is 1. The Bertz CT molecular complexity index is 447. The van der Waals surface area contributed by atoms with Gasteiger partial charge in [0.15, 0.2) is 0 Å². The fraction of sp³-hybridized carbons (Fsp3) is 0.588. The third-order valence-corrected chi connectivity index (χ3v) is 4.32. The van der Waals surface area contributed by atoms with Gasteiger partial charge in [-0.05, 0) is 32.3 Å². The fourth-order valence-electron chi connectivity index (χ4n) is 2.98. The van der Waals surface area contributed by atoms with Gasteiger partial charge >= 0.3 is 0 Å². The van der Waals surface area contributed by atoms with Crippen LogP contribution in [0.3, 0.4) is 0 Å². The van der Waals surface area contributed by atoms with Crippen molar-refractivity contribution in [3.63, 3.8) is 0 Å². The van der Waals surface area contributed by atoms with Crippen molar-refractivity contribution in [3.05, 3.63) is 35.4 Å². The largest absolute Gasteiger partial charge is 0.350 e. The van der Waals surface area contributed by atoms with Crippen LogP contribution in [0.25, 0.3) is 0 Å². The standard InChI is InChI=1S/C17H26N2O/c1-13-6-8-15(9-7-13)14(2)19-16(20)12-17(18)10-4-3-5-11-17/h6-9,14H,3-5,10-12,18H2,1-2H3,(H,19,20)/t14-/m1/s1. The number of carbonyl (C=O) groups is 1. The van der Waals surface area contributed by atoms with Crippen LogP contribution in [-0.2, 0) is 4.79 Å². The third kappa shape index (κ3) is 4.07. The molecular weight excluding hydrogens is 248 g/mol. The second kappa shape index (κ2) is 6.40. The van der Waals surface area contributed by atoms with Gasteiger partial charge in [0.25, 0.3) is 0 Å². The molecule has 1 amide bonds. The topological polar surface area (TPSA) is 55.1 Å². The zero-order valence-electron chi connectivity index (χ0n) is 12.6. The van der Waals surface area contributed by atoms with Crippen LogP contribution in [0, 0.1) is 6.92 Å². The van der Waals surface area contributed by atoms with E-state index < -0.39 is 0 Å². The molecule has 1 aliphatic carbocycles. The van der Waals surface area contributed by atoms with E-state index in [1.165, 1.54) is 12.0 Å². The molecule has 0 unspecified atom stereocenters. The maximum Gasteiger partial charge on any atom is 0.222 e. The Morgan fingerprint density at radius 2 is 1.85 bits per heavy atom. The average molecular weight is 274 g/mol. The summed E-state index contributed by atoms with van der Waals surface area (Å²) in [6, 6.07) is 8.32. The number of hydrogen-bond donors (Lipinski definition) is 2. The molecule has 1 aromatic rings. The first-order chi connectivity index (χ1) is 9.48. The van der Waals surface area contributed by atoms with Crippen LogP contribution in [0.1, 0.15) is 62.6 Å². The van der Waals surface area contributed by atoms with Crippen LogP contribution < -0.4 is 11.1 Å². The Balaban J connectivity index is 1.89. The molecule has 0 aliphatic heterocycles. The van der Waals surface area contributed by atoms with Crippen molar-refractivity contribution in [2.45, 2.75) is 64.0 Å². The first-order valence-electron chi connectivity index (χ1n) is 7.63. The number of rotatable bonds is 4. The summed E-state index contributed by atoms with van der Waals surface area (Å²) in [4.78, 5) is 12.2. The molecule has 0 radical (unpaired) electrons. The summed E-state index contributed by atoms with van der Waals surface area (Å²) in [5.41, 5.74) is 8.42. The van der Waals surface area contributed by atoms with Gasteiger partial charge < -0.3 is 11.1 Å². The minimum Gasteiger partial charge on any atom is -0.350 e. The normalized spacial score (nSPS) is 19.4. The molecule has 1 atom stereocenters. The van der Waals surface area contributed by atoms with Gasteiger partial charge in [0.2, 0.25) is 5.91 Å². The van der Waals surface area contributed by atoms with Crippen molar-refractivity contribution in [2.24, 2.45) is 5.73 Å². The summed E-state index contributed by atoms with van der Waals surface area (Å²) in [6.45, 7) is 4.08. The fourth-order valence-corrected chi connectivity index (χ4v) is 2.98. The molecule has 0 spiro atoms. The van der Waals surface area contributed by atoms with Gasteiger partial charge in [-0.3, -0.25) is 4.79 Å². The molecule has 1 fully saturated rings. The highest BCUT2D eigenvalue weighted by atomic mass is 16.1. The highest BCUT2D eigenvalue weighted by Crippen LogP contribution is 2.28. The van der Waals surface area contributed by atoms with Gasteiger partial charge in [-0.15, -0.1) is 0 Å². The lowest BCUT2D eigenvalue weighted by Gasteiger charge is -2.33. The van der Waals surface area contributed by atoms with E-state index in [0.29, 0.717) is 6.42 Å². The molecule has 0 heterocycles. The van der Waals surface area contributed by atoms with Crippen molar-refractivity contribution in [1.82, 2.24) is 5.32 Å². The van der Waals surface area contributed by atoms with Crippen LogP contribution in [0.15, 0.2) is 24.3 Å². The Morgan fingerprint density at radius 3 is 2.45 bits per heavy atom. The Labute approximate surface area is 121 Å². The minimum absolute atomic E-state index is 0.0373. The Hall–Kier alpha value is -1.35. The SMILES string of the molecule is Cc1ccc([C@@H](C)NC(=O)CC2(N)CCCCC2)cc1. The van der Waals surface area contributed by atoms with Crippen LogP contribution >= 0.6 is 0 Å². The second-order valence-electron chi connectivity index (χ2n) is 6.30. The van der Waals surface area contributed by atoms with E-state index in [1.807, 2.05) is 6.92 Å². The van der Waals surface area contributed by atoms with E-state index in [9.17, 15) is 4.79 Å². The van der Waals surface area contributed by atoms with Crippen molar-refractivity contribution < 1.29 is 4.79 Å². The molecule has 20 heavy (non-hydrogen) atoms. The lowest BCUT2D eigenvalue weighted by atomic mass is 9.80. The molecule has 0 aromatic heterocycles. The van der Waals surface area contributed by atoms with Gasteiger partial charge in [-0.1, -0.05) is 49.1 Å². The monoisotopic (exact) mass is 274 g/mol. The van der Waals surface area contributed by atoms with E-state index >= 15 is 0 Å². The lowest BCUT2D eigenvalue weighted by molar-refractivity contribution is -0.123. The minimum atomic E-state index is -0.282. The molecule has 110 valence electrons. The molecular formula is C17H26N2O. The average Bonchev–Trinajstić information content (AvgIpc) is 2.39. The van der Waals surface area contributed by atoms with E-state index in [1.54, 1.807) is 0 Å². The lowest BCUT2D eigenvalue weighted by Crippen LogP contribution is -2.46. The third-order valence-electron chi connectivity index (χ3n) is 4.32. The number of benzene rings is 1. The summed E-state index contributed by atoms with van der Waals surface area (Å²) in [6.07, 6.45) is 5.94. The predicted octanol–water partition coefficient (Wildman–Crippen LogP) is 3.22. The number of nitrogens with one attached hydrogen (secondary N) is 1. The summed E-state index contributed by atoms with van der Waals surface area (Å²) < 4.78 is 0. The smallest absolute Gasteiger partial charge is 0.222 e.